The molecule has 0 saturated carbocycles. The van der Waals surface area contributed by atoms with Gasteiger partial charge in [-0.1, -0.05) is 23.2 Å². The average Bonchev–Trinajstić information content (AvgIpc) is 2.32. The van der Waals surface area contributed by atoms with Gasteiger partial charge >= 0.3 is 0 Å². The van der Waals surface area contributed by atoms with Crippen LogP contribution in [0.2, 0.25) is 10.0 Å². The van der Waals surface area contributed by atoms with Crippen LogP contribution in [0.3, 0.4) is 0 Å². The zero-order chi connectivity index (χ0) is 12.4. The van der Waals surface area contributed by atoms with Gasteiger partial charge in [0.1, 0.15) is 11.8 Å². The summed E-state index contributed by atoms with van der Waals surface area (Å²) in [5.41, 5.74) is 1.80. The van der Waals surface area contributed by atoms with Crippen LogP contribution >= 0.6 is 23.2 Å². The standard InChI is InChI=1S/C12H7Cl2N3/c1-7-4-9(6-15)17-12(16-7)8-2-3-10(13)11(14)5-8/h2-5H,1H3. The largest absolute Gasteiger partial charge is 0.233 e. The highest BCUT2D eigenvalue weighted by atomic mass is 35.5. The maximum absolute atomic E-state index is 8.84. The van der Waals surface area contributed by atoms with Gasteiger partial charge in [-0.3, -0.25) is 0 Å². The number of halogens is 2. The highest BCUT2D eigenvalue weighted by Crippen LogP contribution is 2.26. The molecule has 17 heavy (non-hydrogen) atoms. The minimum atomic E-state index is 0.332. The summed E-state index contributed by atoms with van der Waals surface area (Å²) in [6, 6.07) is 8.75. The summed E-state index contributed by atoms with van der Waals surface area (Å²) in [6.45, 7) is 1.81. The molecule has 0 bridgehead atoms. The Morgan fingerprint density at radius 3 is 2.53 bits per heavy atom. The first-order valence-corrected chi connectivity index (χ1v) is 5.57. The van der Waals surface area contributed by atoms with E-state index >= 15 is 0 Å². The first kappa shape index (κ1) is 11.8. The summed E-state index contributed by atoms with van der Waals surface area (Å²) in [7, 11) is 0. The molecule has 0 spiro atoms. The van der Waals surface area contributed by atoms with Crippen molar-refractivity contribution in [3.05, 3.63) is 45.7 Å². The molecule has 0 amide bonds. The minimum absolute atomic E-state index is 0.332. The Balaban J connectivity index is 2.56. The van der Waals surface area contributed by atoms with Gasteiger partial charge in [-0.2, -0.15) is 5.26 Å². The van der Waals surface area contributed by atoms with Gasteiger partial charge in [-0.15, -0.1) is 0 Å². The Kier molecular flexibility index (Phi) is 3.28. The Morgan fingerprint density at radius 1 is 1.12 bits per heavy atom. The predicted molar refractivity (Wildman–Crippen MR) is 66.9 cm³/mol. The van der Waals surface area contributed by atoms with Crippen molar-refractivity contribution >= 4 is 23.2 Å². The summed E-state index contributed by atoms with van der Waals surface area (Å²) in [5.74, 6) is 0.472. The van der Waals surface area contributed by atoms with Crippen LogP contribution < -0.4 is 0 Å². The Morgan fingerprint density at radius 2 is 1.88 bits per heavy atom. The summed E-state index contributed by atoms with van der Waals surface area (Å²) in [6.07, 6.45) is 0. The van der Waals surface area contributed by atoms with Crippen molar-refractivity contribution in [2.45, 2.75) is 6.92 Å². The number of aromatic nitrogens is 2. The van der Waals surface area contributed by atoms with Crippen molar-refractivity contribution in [3.8, 4) is 17.5 Å². The van der Waals surface area contributed by atoms with Crippen LogP contribution in [0.25, 0.3) is 11.4 Å². The predicted octanol–water partition coefficient (Wildman–Crippen LogP) is 3.63. The van der Waals surface area contributed by atoms with E-state index in [1.807, 2.05) is 13.0 Å². The molecule has 1 aromatic carbocycles. The van der Waals surface area contributed by atoms with Crippen LogP contribution in [0.15, 0.2) is 24.3 Å². The van der Waals surface area contributed by atoms with Gasteiger partial charge in [0.15, 0.2) is 5.82 Å². The van der Waals surface area contributed by atoms with Crippen molar-refractivity contribution in [2.75, 3.05) is 0 Å². The molecule has 5 heteroatoms. The summed E-state index contributed by atoms with van der Waals surface area (Å²) >= 11 is 11.8. The van der Waals surface area contributed by atoms with E-state index in [0.29, 0.717) is 21.6 Å². The fraction of sp³-hybridized carbons (Fsp3) is 0.0833. The van der Waals surface area contributed by atoms with E-state index < -0.39 is 0 Å². The second kappa shape index (κ2) is 4.70. The summed E-state index contributed by atoms with van der Waals surface area (Å²) in [4.78, 5) is 8.38. The second-order valence-electron chi connectivity index (χ2n) is 3.46. The molecule has 0 aliphatic heterocycles. The van der Waals surface area contributed by atoms with Crippen LogP contribution in [-0.2, 0) is 0 Å². The smallest absolute Gasteiger partial charge is 0.160 e. The summed E-state index contributed by atoms with van der Waals surface area (Å²) < 4.78 is 0. The number of nitriles is 1. The van der Waals surface area contributed by atoms with Gasteiger partial charge < -0.3 is 0 Å². The number of aryl methyl sites for hydroxylation is 1. The third kappa shape index (κ3) is 2.55. The van der Waals surface area contributed by atoms with Gasteiger partial charge in [-0.05, 0) is 31.2 Å². The van der Waals surface area contributed by atoms with Crippen LogP contribution in [0.1, 0.15) is 11.4 Å². The quantitative estimate of drug-likeness (QED) is 0.790. The zero-order valence-corrected chi connectivity index (χ0v) is 10.4. The van der Waals surface area contributed by atoms with Gasteiger partial charge in [0.05, 0.1) is 10.0 Å². The molecule has 1 heterocycles. The molecule has 3 nitrogen and oxygen atoms in total. The SMILES string of the molecule is Cc1cc(C#N)nc(-c2ccc(Cl)c(Cl)c2)n1. The molecular weight excluding hydrogens is 257 g/mol. The Bertz CT molecular complexity index is 618. The first-order valence-electron chi connectivity index (χ1n) is 4.81. The lowest BCUT2D eigenvalue weighted by Gasteiger charge is -2.03. The van der Waals surface area contributed by atoms with Crippen LogP contribution in [-0.4, -0.2) is 9.97 Å². The van der Waals surface area contributed by atoms with E-state index in [0.717, 1.165) is 11.3 Å². The topological polar surface area (TPSA) is 49.6 Å². The van der Waals surface area contributed by atoms with Crippen molar-refractivity contribution in [1.29, 1.82) is 5.26 Å². The van der Waals surface area contributed by atoms with E-state index in [1.54, 1.807) is 24.3 Å². The third-order valence-electron chi connectivity index (χ3n) is 2.15. The average molecular weight is 264 g/mol. The highest BCUT2D eigenvalue weighted by Gasteiger charge is 2.07. The molecule has 0 atom stereocenters. The Hall–Kier alpha value is -1.63. The molecule has 0 N–H and O–H groups in total. The van der Waals surface area contributed by atoms with E-state index in [4.69, 9.17) is 28.5 Å². The van der Waals surface area contributed by atoms with Crippen molar-refractivity contribution in [1.82, 2.24) is 9.97 Å². The highest BCUT2D eigenvalue weighted by molar-refractivity contribution is 6.42. The lowest BCUT2D eigenvalue weighted by Crippen LogP contribution is -1.95. The fourth-order valence-corrected chi connectivity index (χ4v) is 1.69. The Labute approximate surface area is 109 Å². The fourth-order valence-electron chi connectivity index (χ4n) is 1.39. The molecule has 0 radical (unpaired) electrons. The van der Waals surface area contributed by atoms with E-state index in [2.05, 4.69) is 9.97 Å². The molecule has 1 aromatic heterocycles. The zero-order valence-electron chi connectivity index (χ0n) is 8.91. The number of rotatable bonds is 1. The minimum Gasteiger partial charge on any atom is -0.233 e. The van der Waals surface area contributed by atoms with Crippen molar-refractivity contribution < 1.29 is 0 Å². The first-order chi connectivity index (χ1) is 8.10. The normalized spacial score (nSPS) is 10.0. The van der Waals surface area contributed by atoms with Crippen LogP contribution in [0, 0.1) is 18.3 Å². The maximum atomic E-state index is 8.84. The summed E-state index contributed by atoms with van der Waals surface area (Å²) in [5, 5.41) is 9.76. The molecule has 0 saturated heterocycles. The van der Waals surface area contributed by atoms with Gasteiger partial charge in [0.2, 0.25) is 0 Å². The van der Waals surface area contributed by atoms with Gasteiger partial charge in [-0.25, -0.2) is 9.97 Å². The molecule has 0 aliphatic rings. The molecular formula is C12H7Cl2N3. The van der Waals surface area contributed by atoms with E-state index in [1.165, 1.54) is 0 Å². The van der Waals surface area contributed by atoms with E-state index in [-0.39, 0.29) is 0 Å². The van der Waals surface area contributed by atoms with E-state index in [9.17, 15) is 0 Å². The second-order valence-corrected chi connectivity index (χ2v) is 4.27. The monoisotopic (exact) mass is 263 g/mol. The third-order valence-corrected chi connectivity index (χ3v) is 2.89. The number of nitrogens with zero attached hydrogens (tertiary/aromatic N) is 3. The molecule has 2 aromatic rings. The molecule has 0 aliphatic carbocycles. The van der Waals surface area contributed by atoms with Crippen molar-refractivity contribution in [3.63, 3.8) is 0 Å². The number of benzene rings is 1. The number of hydrogen-bond donors (Lipinski definition) is 0. The molecule has 2 rings (SSSR count). The molecule has 0 fully saturated rings. The molecule has 0 unspecified atom stereocenters. The lowest BCUT2D eigenvalue weighted by atomic mass is 10.2. The lowest BCUT2D eigenvalue weighted by molar-refractivity contribution is 1.09. The molecule has 84 valence electrons. The van der Waals surface area contributed by atoms with Crippen molar-refractivity contribution in [2.24, 2.45) is 0 Å². The van der Waals surface area contributed by atoms with Gasteiger partial charge in [0.25, 0.3) is 0 Å². The van der Waals surface area contributed by atoms with Gasteiger partial charge in [0, 0.05) is 11.3 Å². The number of hydrogen-bond acceptors (Lipinski definition) is 3. The van der Waals surface area contributed by atoms with Crippen LogP contribution in [0.4, 0.5) is 0 Å². The maximum Gasteiger partial charge on any atom is 0.160 e. The van der Waals surface area contributed by atoms with Crippen LogP contribution in [0.5, 0.6) is 0 Å².